The number of benzene rings is 1. The quantitative estimate of drug-likeness (QED) is 0.590. The third kappa shape index (κ3) is 4.17. The second-order valence-electron chi connectivity index (χ2n) is 5.77. The first-order chi connectivity index (χ1) is 13.3. The van der Waals surface area contributed by atoms with Gasteiger partial charge in [-0.05, 0) is 25.1 Å². The molecule has 9 nitrogen and oxygen atoms in total. The molecule has 0 bridgehead atoms. The predicted molar refractivity (Wildman–Crippen MR) is 92.8 cm³/mol. The highest BCUT2D eigenvalue weighted by Crippen LogP contribution is 2.26. The molecule has 1 aromatic carbocycles. The van der Waals surface area contributed by atoms with Crippen LogP contribution in [0.5, 0.6) is 0 Å². The summed E-state index contributed by atoms with van der Waals surface area (Å²) in [7, 11) is 0. The summed E-state index contributed by atoms with van der Waals surface area (Å²) in [5.74, 6) is -2.27. The van der Waals surface area contributed by atoms with Crippen LogP contribution < -0.4 is 10.6 Å². The largest absolute Gasteiger partial charge is 0.451 e. The number of carbonyl (C=O) groups excluding carboxylic acids is 1. The lowest BCUT2D eigenvalue weighted by atomic mass is 10.1. The van der Waals surface area contributed by atoms with Crippen LogP contribution in [0.3, 0.4) is 0 Å². The molecule has 0 spiro atoms. The van der Waals surface area contributed by atoms with E-state index in [9.17, 15) is 18.0 Å². The first kappa shape index (κ1) is 19.5. The van der Waals surface area contributed by atoms with Crippen LogP contribution in [0.2, 0.25) is 0 Å². The van der Waals surface area contributed by atoms with E-state index in [2.05, 4.69) is 30.8 Å². The maximum atomic E-state index is 12.7. The third-order valence-corrected chi connectivity index (χ3v) is 3.73. The van der Waals surface area contributed by atoms with Crippen molar-refractivity contribution in [1.29, 1.82) is 0 Å². The van der Waals surface area contributed by atoms with Gasteiger partial charge < -0.3 is 10.6 Å². The van der Waals surface area contributed by atoms with Gasteiger partial charge in [-0.2, -0.15) is 22.8 Å². The van der Waals surface area contributed by atoms with Crippen molar-refractivity contribution in [2.45, 2.75) is 26.6 Å². The van der Waals surface area contributed by atoms with Crippen LogP contribution in [0.4, 0.5) is 18.9 Å². The summed E-state index contributed by atoms with van der Waals surface area (Å²) in [4.78, 5) is 19.8. The molecule has 2 aromatic heterocycles. The zero-order chi connectivity index (χ0) is 20.3. The van der Waals surface area contributed by atoms with E-state index in [0.717, 1.165) is 16.8 Å². The number of anilines is 1. The van der Waals surface area contributed by atoms with Crippen LogP contribution in [-0.4, -0.2) is 42.4 Å². The predicted octanol–water partition coefficient (Wildman–Crippen LogP) is 2.07. The van der Waals surface area contributed by atoms with Crippen molar-refractivity contribution in [2.24, 2.45) is 0 Å². The molecular weight excluding hydrogens is 377 g/mol. The van der Waals surface area contributed by atoms with E-state index >= 15 is 0 Å². The summed E-state index contributed by atoms with van der Waals surface area (Å²) >= 11 is 0. The Labute approximate surface area is 157 Å². The summed E-state index contributed by atoms with van der Waals surface area (Å²) in [6.07, 6.45) is -4.67. The lowest BCUT2D eigenvalue weighted by molar-refractivity contribution is -0.144. The molecule has 0 unspecified atom stereocenters. The molecular formula is C16H17F3N8O. The fraction of sp³-hybridized carbons (Fsp3) is 0.312. The summed E-state index contributed by atoms with van der Waals surface area (Å²) in [6, 6.07) is 7.22. The number of hydrogen-bond acceptors (Lipinski definition) is 6. The Morgan fingerprint density at radius 2 is 2.00 bits per heavy atom. The van der Waals surface area contributed by atoms with Crippen LogP contribution >= 0.6 is 0 Å². The van der Waals surface area contributed by atoms with Gasteiger partial charge in [0.1, 0.15) is 5.82 Å². The van der Waals surface area contributed by atoms with Gasteiger partial charge in [0, 0.05) is 12.2 Å². The monoisotopic (exact) mass is 394 g/mol. The standard InChI is InChI=1S/C16H17F3N8O/c1-3-20-8-10-6-4-5-7-11(10)22-13(28)12-21-9(2)27(26-12)15-23-14(24-25-15)16(17,18)19/h4-7,20H,3,8H2,1-2H3,(H,22,28)(H,23,24,25). The van der Waals surface area contributed by atoms with Crippen molar-refractivity contribution in [3.8, 4) is 5.95 Å². The number of para-hydroxylation sites is 1. The van der Waals surface area contributed by atoms with E-state index in [-0.39, 0.29) is 17.6 Å². The van der Waals surface area contributed by atoms with Gasteiger partial charge in [0.05, 0.1) is 0 Å². The van der Waals surface area contributed by atoms with Crippen LogP contribution in [-0.2, 0) is 12.7 Å². The normalized spacial score (nSPS) is 11.6. The smallest absolute Gasteiger partial charge is 0.319 e. The summed E-state index contributed by atoms with van der Waals surface area (Å²) in [5.41, 5.74) is 1.46. The first-order valence-electron chi connectivity index (χ1n) is 8.33. The number of nitrogens with one attached hydrogen (secondary N) is 3. The van der Waals surface area contributed by atoms with Gasteiger partial charge >= 0.3 is 6.18 Å². The molecule has 0 aliphatic rings. The Morgan fingerprint density at radius 3 is 2.68 bits per heavy atom. The number of amides is 1. The second kappa shape index (κ2) is 7.76. The molecule has 28 heavy (non-hydrogen) atoms. The number of aromatic amines is 1. The minimum absolute atomic E-state index is 0.166. The van der Waals surface area contributed by atoms with Gasteiger partial charge in [-0.3, -0.25) is 9.89 Å². The minimum atomic E-state index is -4.67. The van der Waals surface area contributed by atoms with Gasteiger partial charge in [0.15, 0.2) is 0 Å². The van der Waals surface area contributed by atoms with Gasteiger partial charge in [0.2, 0.25) is 11.6 Å². The third-order valence-electron chi connectivity index (χ3n) is 3.73. The van der Waals surface area contributed by atoms with Crippen molar-refractivity contribution in [1.82, 2.24) is 35.3 Å². The average Bonchev–Trinajstić information content (AvgIpc) is 3.27. The van der Waals surface area contributed by atoms with Crippen molar-refractivity contribution in [3.05, 3.63) is 47.3 Å². The second-order valence-corrected chi connectivity index (χ2v) is 5.77. The van der Waals surface area contributed by atoms with Crippen molar-refractivity contribution in [3.63, 3.8) is 0 Å². The average molecular weight is 394 g/mol. The first-order valence-corrected chi connectivity index (χ1v) is 8.33. The topological polar surface area (TPSA) is 113 Å². The lowest BCUT2D eigenvalue weighted by Crippen LogP contribution is -2.18. The zero-order valence-electron chi connectivity index (χ0n) is 15.0. The summed E-state index contributed by atoms with van der Waals surface area (Å²) in [6.45, 7) is 4.77. The Morgan fingerprint density at radius 1 is 1.25 bits per heavy atom. The number of aryl methyl sites for hydroxylation is 1. The number of nitrogens with zero attached hydrogens (tertiary/aromatic N) is 5. The van der Waals surface area contributed by atoms with E-state index in [1.165, 1.54) is 6.92 Å². The van der Waals surface area contributed by atoms with Gasteiger partial charge in [-0.1, -0.05) is 25.1 Å². The number of halogens is 3. The van der Waals surface area contributed by atoms with Crippen molar-refractivity contribution in [2.75, 3.05) is 11.9 Å². The van der Waals surface area contributed by atoms with E-state index in [1.54, 1.807) is 17.2 Å². The maximum absolute atomic E-state index is 12.7. The number of H-pyrrole nitrogens is 1. The molecule has 148 valence electrons. The van der Waals surface area contributed by atoms with Crippen LogP contribution in [0.15, 0.2) is 24.3 Å². The maximum Gasteiger partial charge on any atom is 0.451 e. The lowest BCUT2D eigenvalue weighted by Gasteiger charge is -2.10. The van der Waals surface area contributed by atoms with Crippen LogP contribution in [0.1, 0.15) is 34.8 Å². The molecule has 3 rings (SSSR count). The molecule has 0 aliphatic heterocycles. The van der Waals surface area contributed by atoms with E-state index in [4.69, 9.17) is 0 Å². The Kier molecular flexibility index (Phi) is 5.40. The van der Waals surface area contributed by atoms with Crippen LogP contribution in [0.25, 0.3) is 5.95 Å². The molecule has 0 fully saturated rings. The molecule has 0 atom stereocenters. The number of alkyl halides is 3. The van der Waals surface area contributed by atoms with Crippen molar-refractivity contribution < 1.29 is 18.0 Å². The molecule has 0 saturated carbocycles. The van der Waals surface area contributed by atoms with Crippen LogP contribution in [0, 0.1) is 6.92 Å². The molecule has 12 heteroatoms. The SMILES string of the molecule is CCNCc1ccccc1NC(=O)c1nc(C)n(-c2n[nH]c(C(F)(F)F)n2)n1. The Bertz CT molecular complexity index is 978. The zero-order valence-corrected chi connectivity index (χ0v) is 15.0. The molecule has 1 amide bonds. The highest BCUT2D eigenvalue weighted by Gasteiger charge is 2.35. The van der Waals surface area contributed by atoms with E-state index in [1.807, 2.05) is 19.1 Å². The fourth-order valence-corrected chi connectivity index (χ4v) is 2.38. The molecule has 0 radical (unpaired) electrons. The van der Waals surface area contributed by atoms with Gasteiger partial charge in [0.25, 0.3) is 11.9 Å². The number of rotatable bonds is 6. The molecule has 2 heterocycles. The summed E-state index contributed by atoms with van der Waals surface area (Å²) < 4.78 is 39.0. The summed E-state index contributed by atoms with van der Waals surface area (Å²) in [5, 5.41) is 15.1. The highest BCUT2D eigenvalue weighted by molar-refractivity contribution is 6.02. The molecule has 0 aliphatic carbocycles. The van der Waals surface area contributed by atoms with Gasteiger partial charge in [-0.25, -0.2) is 4.98 Å². The van der Waals surface area contributed by atoms with Gasteiger partial charge in [-0.15, -0.1) is 10.2 Å². The fourth-order valence-electron chi connectivity index (χ4n) is 2.38. The highest BCUT2D eigenvalue weighted by atomic mass is 19.4. The Hall–Kier alpha value is -3.28. The minimum Gasteiger partial charge on any atom is -0.319 e. The van der Waals surface area contributed by atoms with E-state index < -0.39 is 17.9 Å². The Balaban J connectivity index is 1.81. The number of aromatic nitrogens is 6. The number of carbonyl (C=O) groups is 1. The van der Waals surface area contributed by atoms with Crippen molar-refractivity contribution >= 4 is 11.6 Å². The molecule has 0 saturated heterocycles. The van der Waals surface area contributed by atoms with E-state index in [0.29, 0.717) is 12.2 Å². The molecule has 3 aromatic rings. The molecule has 3 N–H and O–H groups in total. The number of hydrogen-bond donors (Lipinski definition) is 3.